The van der Waals surface area contributed by atoms with E-state index in [1.165, 1.54) is 6.92 Å². The summed E-state index contributed by atoms with van der Waals surface area (Å²) in [5.41, 5.74) is 2.10. The van der Waals surface area contributed by atoms with Crippen LogP contribution in [0.5, 0.6) is 5.75 Å². The molecule has 22 heavy (non-hydrogen) atoms. The molecule has 1 saturated heterocycles. The highest BCUT2D eigenvalue weighted by Gasteiger charge is 2.33. The number of nitrogens with zero attached hydrogens (tertiary/aromatic N) is 1. The summed E-state index contributed by atoms with van der Waals surface area (Å²) < 4.78 is 5.60. The predicted octanol–water partition coefficient (Wildman–Crippen LogP) is 1.74. The van der Waals surface area contributed by atoms with Gasteiger partial charge in [0.15, 0.2) is 5.78 Å². The van der Waals surface area contributed by atoms with E-state index in [4.69, 9.17) is 4.74 Å². The average Bonchev–Trinajstić information content (AvgIpc) is 2.75. The quantitative estimate of drug-likeness (QED) is 0.832. The van der Waals surface area contributed by atoms with Gasteiger partial charge >= 0.3 is 0 Å². The van der Waals surface area contributed by atoms with E-state index in [0.717, 1.165) is 11.3 Å². The maximum Gasteiger partial charge on any atom is 0.159 e. The smallest absolute Gasteiger partial charge is 0.159 e. The number of methoxy groups -OCH3 is 1. The second-order valence-corrected chi connectivity index (χ2v) is 6.92. The van der Waals surface area contributed by atoms with Crippen molar-refractivity contribution in [2.75, 3.05) is 25.1 Å². The van der Waals surface area contributed by atoms with Crippen LogP contribution in [0.25, 0.3) is 0 Å². The molecule has 2 atom stereocenters. The van der Waals surface area contributed by atoms with Crippen LogP contribution in [0.1, 0.15) is 43.6 Å². The fraction of sp³-hybridized carbons (Fsp3) is 0.588. The molecule has 1 aromatic rings. The zero-order valence-corrected chi connectivity index (χ0v) is 13.9. The van der Waals surface area contributed by atoms with E-state index in [-0.39, 0.29) is 11.2 Å². The first-order chi connectivity index (χ1) is 10.1. The third-order valence-electron chi connectivity index (χ3n) is 4.09. The van der Waals surface area contributed by atoms with Gasteiger partial charge in [-0.1, -0.05) is 20.8 Å². The van der Waals surface area contributed by atoms with Crippen LogP contribution in [0, 0.1) is 0 Å². The number of ketones is 1. The Kier molecular flexibility index (Phi) is 4.49. The lowest BCUT2D eigenvalue weighted by Crippen LogP contribution is -2.24. The molecule has 122 valence electrons. The molecule has 5 heteroatoms. The number of ether oxygens (including phenoxy) is 1. The minimum atomic E-state index is -0.788. The molecule has 5 nitrogen and oxygen atoms in total. The van der Waals surface area contributed by atoms with Crippen molar-refractivity contribution in [3.05, 3.63) is 23.3 Å². The first kappa shape index (κ1) is 16.8. The van der Waals surface area contributed by atoms with Crippen molar-refractivity contribution in [1.29, 1.82) is 0 Å². The minimum Gasteiger partial charge on any atom is -0.494 e. The lowest BCUT2D eigenvalue weighted by Gasteiger charge is -2.28. The van der Waals surface area contributed by atoms with Gasteiger partial charge in [-0.25, -0.2) is 0 Å². The second-order valence-electron chi connectivity index (χ2n) is 6.92. The van der Waals surface area contributed by atoms with E-state index in [1.807, 2.05) is 11.0 Å². The molecule has 0 amide bonds. The number of carbonyl (C=O) groups is 1. The summed E-state index contributed by atoms with van der Waals surface area (Å²) in [6.45, 7) is 8.36. The van der Waals surface area contributed by atoms with Gasteiger partial charge in [-0.2, -0.15) is 0 Å². The number of benzene rings is 1. The van der Waals surface area contributed by atoms with Crippen molar-refractivity contribution >= 4 is 11.5 Å². The van der Waals surface area contributed by atoms with Crippen LogP contribution in [-0.2, 0) is 5.41 Å². The first-order valence-electron chi connectivity index (χ1n) is 7.49. The van der Waals surface area contributed by atoms with E-state index in [1.54, 1.807) is 13.2 Å². The molecule has 0 bridgehead atoms. The Bertz CT molecular complexity index is 567. The molecular formula is C17H25NO4. The zero-order valence-electron chi connectivity index (χ0n) is 13.9. The number of hydrogen-bond donors (Lipinski definition) is 2. The molecule has 2 rings (SSSR count). The first-order valence-corrected chi connectivity index (χ1v) is 7.49. The van der Waals surface area contributed by atoms with Crippen LogP contribution in [0.4, 0.5) is 5.69 Å². The summed E-state index contributed by atoms with van der Waals surface area (Å²) in [5.74, 6) is 0.675. The van der Waals surface area contributed by atoms with E-state index in [2.05, 4.69) is 20.8 Å². The predicted molar refractivity (Wildman–Crippen MR) is 85.9 cm³/mol. The molecule has 1 aliphatic rings. The third-order valence-corrected chi connectivity index (χ3v) is 4.09. The van der Waals surface area contributed by atoms with Gasteiger partial charge in [-0.3, -0.25) is 4.79 Å². The molecule has 1 heterocycles. The van der Waals surface area contributed by atoms with E-state index in [9.17, 15) is 15.0 Å². The van der Waals surface area contributed by atoms with Gasteiger partial charge in [0.1, 0.15) is 5.75 Å². The second kappa shape index (κ2) is 5.89. The van der Waals surface area contributed by atoms with Gasteiger partial charge in [0.2, 0.25) is 0 Å². The van der Waals surface area contributed by atoms with Gasteiger partial charge in [0.05, 0.1) is 25.0 Å². The van der Waals surface area contributed by atoms with Gasteiger partial charge in [0, 0.05) is 24.2 Å². The topological polar surface area (TPSA) is 70.0 Å². The van der Waals surface area contributed by atoms with Crippen LogP contribution in [0.3, 0.4) is 0 Å². The molecule has 0 aromatic heterocycles. The van der Waals surface area contributed by atoms with Gasteiger partial charge in [0.25, 0.3) is 0 Å². The Hall–Kier alpha value is -1.59. The summed E-state index contributed by atoms with van der Waals surface area (Å²) in [7, 11) is 1.60. The number of rotatable bonds is 3. The largest absolute Gasteiger partial charge is 0.494 e. The van der Waals surface area contributed by atoms with Crippen molar-refractivity contribution in [2.24, 2.45) is 0 Å². The molecule has 0 unspecified atom stereocenters. The van der Waals surface area contributed by atoms with Crippen LogP contribution in [-0.4, -0.2) is 48.4 Å². The number of aliphatic hydroxyl groups excluding tert-OH is 2. The summed E-state index contributed by atoms with van der Waals surface area (Å²) >= 11 is 0. The van der Waals surface area contributed by atoms with Crippen molar-refractivity contribution in [1.82, 2.24) is 0 Å². The number of Topliss-reactive ketones (excluding diaryl/α,β-unsaturated/α-hetero) is 1. The highest BCUT2D eigenvalue weighted by atomic mass is 16.5. The average molecular weight is 307 g/mol. The van der Waals surface area contributed by atoms with Gasteiger partial charge in [-0.15, -0.1) is 0 Å². The third kappa shape index (κ3) is 3.10. The standard InChI is InChI=1S/C17H25NO4/c1-10(19)11-6-12(17(2,3)4)16(22-5)13(7-11)18-8-14(20)15(21)9-18/h6-7,14-15,20-21H,8-9H2,1-5H3/t14-,15-/m1/s1. The van der Waals surface area contributed by atoms with Gasteiger partial charge in [-0.05, 0) is 24.5 Å². The monoisotopic (exact) mass is 307 g/mol. The summed E-state index contributed by atoms with van der Waals surface area (Å²) in [5, 5.41) is 19.6. The highest BCUT2D eigenvalue weighted by molar-refractivity contribution is 5.96. The van der Waals surface area contributed by atoms with Crippen LogP contribution < -0.4 is 9.64 Å². The molecule has 0 aliphatic carbocycles. The SMILES string of the molecule is COc1c(N2C[C@@H](O)[C@H](O)C2)cc(C(C)=O)cc1C(C)(C)C. The summed E-state index contributed by atoms with van der Waals surface area (Å²) in [6.07, 6.45) is -1.58. The highest BCUT2D eigenvalue weighted by Crippen LogP contribution is 2.41. The number of carbonyl (C=O) groups excluding carboxylic acids is 1. The Balaban J connectivity index is 2.61. The lowest BCUT2D eigenvalue weighted by atomic mass is 9.84. The van der Waals surface area contributed by atoms with E-state index in [0.29, 0.717) is 24.4 Å². The molecule has 0 spiro atoms. The molecule has 1 aromatic carbocycles. The summed E-state index contributed by atoms with van der Waals surface area (Å²) in [4.78, 5) is 13.7. The number of aliphatic hydroxyl groups is 2. The maximum atomic E-state index is 11.9. The maximum absolute atomic E-state index is 11.9. The van der Waals surface area contributed by atoms with Crippen molar-refractivity contribution in [3.63, 3.8) is 0 Å². The molecule has 2 N–H and O–H groups in total. The number of β-amino-alcohol motifs (C(OH)–C–C–N with tert-alkyl or cyclic N) is 2. The molecular weight excluding hydrogens is 282 g/mol. The Morgan fingerprint density at radius 1 is 1.23 bits per heavy atom. The van der Waals surface area contributed by atoms with Gasteiger partial charge < -0.3 is 19.8 Å². The Morgan fingerprint density at radius 2 is 1.77 bits per heavy atom. The summed E-state index contributed by atoms with van der Waals surface area (Å²) in [6, 6.07) is 3.65. The van der Waals surface area contributed by atoms with Crippen molar-refractivity contribution in [3.8, 4) is 5.75 Å². The Morgan fingerprint density at radius 3 is 2.18 bits per heavy atom. The van der Waals surface area contributed by atoms with E-state index >= 15 is 0 Å². The van der Waals surface area contributed by atoms with Crippen LogP contribution >= 0.6 is 0 Å². The zero-order chi connectivity index (χ0) is 16.7. The lowest BCUT2D eigenvalue weighted by molar-refractivity contribution is 0.0572. The molecule has 1 aliphatic heterocycles. The van der Waals surface area contributed by atoms with E-state index < -0.39 is 12.2 Å². The fourth-order valence-electron chi connectivity index (χ4n) is 2.79. The fourth-order valence-corrected chi connectivity index (χ4v) is 2.79. The van der Waals surface area contributed by atoms with Crippen LogP contribution in [0.2, 0.25) is 0 Å². The number of hydrogen-bond acceptors (Lipinski definition) is 5. The van der Waals surface area contributed by atoms with Crippen LogP contribution in [0.15, 0.2) is 12.1 Å². The number of anilines is 1. The minimum absolute atomic E-state index is 0.0188. The normalized spacial score (nSPS) is 22.0. The molecule has 0 saturated carbocycles. The molecule has 0 radical (unpaired) electrons. The Labute approximate surface area is 131 Å². The molecule has 1 fully saturated rings. The van der Waals surface area contributed by atoms with Crippen molar-refractivity contribution < 1.29 is 19.7 Å². The van der Waals surface area contributed by atoms with Crippen molar-refractivity contribution in [2.45, 2.75) is 45.3 Å².